The van der Waals surface area contributed by atoms with E-state index in [-0.39, 0.29) is 5.82 Å². The van der Waals surface area contributed by atoms with Crippen molar-refractivity contribution >= 4 is 27.3 Å². The van der Waals surface area contributed by atoms with Crippen LogP contribution < -0.4 is 10.6 Å². The van der Waals surface area contributed by atoms with Crippen LogP contribution in [-0.2, 0) is 0 Å². The van der Waals surface area contributed by atoms with Gasteiger partial charge in [-0.15, -0.1) is 0 Å². The molecule has 108 valence electrons. The van der Waals surface area contributed by atoms with E-state index >= 15 is 0 Å². The van der Waals surface area contributed by atoms with Gasteiger partial charge in [0.2, 0.25) is 0 Å². The van der Waals surface area contributed by atoms with E-state index < -0.39 is 6.17 Å². The first-order valence-corrected chi connectivity index (χ1v) is 7.45. The zero-order valence-electron chi connectivity index (χ0n) is 11.6. The van der Waals surface area contributed by atoms with Crippen LogP contribution in [0.15, 0.2) is 51.9 Å². The van der Waals surface area contributed by atoms with Crippen LogP contribution >= 0.6 is 15.9 Å². The van der Waals surface area contributed by atoms with Crippen LogP contribution in [0.1, 0.15) is 11.1 Å². The fraction of sp³-hybridized carbons (Fsp3) is 0.188. The Bertz CT molecular complexity index is 714. The summed E-state index contributed by atoms with van der Waals surface area (Å²) in [4.78, 5) is 6.58. The Balaban J connectivity index is 2.25. The lowest BCUT2D eigenvalue weighted by atomic mass is 10.00. The van der Waals surface area contributed by atoms with Crippen molar-refractivity contribution in [1.29, 1.82) is 0 Å². The highest BCUT2D eigenvalue weighted by Gasteiger charge is 2.22. The maximum Gasteiger partial charge on any atom is 0.132 e. The van der Waals surface area contributed by atoms with Gasteiger partial charge in [0.15, 0.2) is 0 Å². The smallest absolute Gasteiger partial charge is 0.132 e. The second kappa shape index (κ2) is 5.58. The normalized spacial score (nSPS) is 18.0. The second-order valence-corrected chi connectivity index (χ2v) is 5.98. The number of fused-ring (bicyclic) bond motifs is 1. The summed E-state index contributed by atoms with van der Waals surface area (Å²) in [6, 6.07) is 12.6. The van der Waals surface area contributed by atoms with E-state index in [0.29, 0.717) is 17.8 Å². The monoisotopic (exact) mass is 347 g/mol. The predicted molar refractivity (Wildman–Crippen MR) is 87.4 cm³/mol. The van der Waals surface area contributed by atoms with Crippen LogP contribution in [0.3, 0.4) is 0 Å². The number of halogens is 2. The van der Waals surface area contributed by atoms with Gasteiger partial charge in [-0.05, 0) is 30.3 Å². The van der Waals surface area contributed by atoms with Crippen LogP contribution in [0.2, 0.25) is 0 Å². The molecule has 0 radical (unpaired) electrons. The van der Waals surface area contributed by atoms with E-state index in [9.17, 15) is 4.39 Å². The van der Waals surface area contributed by atoms with Gasteiger partial charge >= 0.3 is 0 Å². The zero-order chi connectivity index (χ0) is 15.0. The summed E-state index contributed by atoms with van der Waals surface area (Å²) < 4.78 is 15.1. The third kappa shape index (κ3) is 2.71. The number of rotatable bonds is 1. The van der Waals surface area contributed by atoms with Crippen LogP contribution in [0.25, 0.3) is 0 Å². The highest BCUT2D eigenvalue weighted by atomic mass is 79.9. The maximum atomic E-state index is 14.2. The number of nitrogens with zero attached hydrogens (tertiary/aromatic N) is 2. The molecule has 0 aromatic heterocycles. The molecule has 2 N–H and O–H groups in total. The molecule has 0 fully saturated rings. The van der Waals surface area contributed by atoms with Crippen molar-refractivity contribution in [3.8, 4) is 0 Å². The number of anilines is 1. The minimum absolute atomic E-state index is 0.293. The average molecular weight is 348 g/mol. The lowest BCUT2D eigenvalue weighted by Crippen LogP contribution is -2.32. The van der Waals surface area contributed by atoms with Crippen molar-refractivity contribution in [2.24, 2.45) is 10.7 Å². The van der Waals surface area contributed by atoms with E-state index in [1.807, 2.05) is 30.1 Å². The van der Waals surface area contributed by atoms with Gasteiger partial charge in [0.1, 0.15) is 12.0 Å². The molecule has 0 bridgehead atoms. The van der Waals surface area contributed by atoms with Crippen molar-refractivity contribution in [3.63, 3.8) is 0 Å². The zero-order valence-corrected chi connectivity index (χ0v) is 13.1. The van der Waals surface area contributed by atoms with Crippen molar-refractivity contribution in [2.75, 3.05) is 18.5 Å². The molecule has 3 nitrogen and oxygen atoms in total. The molecule has 0 amide bonds. The Morgan fingerprint density at radius 2 is 2.00 bits per heavy atom. The van der Waals surface area contributed by atoms with Crippen LogP contribution in [0.4, 0.5) is 10.1 Å². The number of benzene rings is 2. The number of likely N-dealkylation sites (N-methyl/N-ethyl adjacent to an activating group) is 1. The van der Waals surface area contributed by atoms with Crippen molar-refractivity contribution in [3.05, 3.63) is 63.9 Å². The lowest BCUT2D eigenvalue weighted by Gasteiger charge is -2.21. The molecule has 1 aliphatic heterocycles. The molecule has 2 aromatic rings. The van der Waals surface area contributed by atoms with Crippen LogP contribution in [-0.4, -0.2) is 25.5 Å². The highest BCUT2D eigenvalue weighted by Crippen LogP contribution is 2.29. The predicted octanol–water partition coefficient (Wildman–Crippen LogP) is 3.16. The molecule has 0 saturated carbocycles. The highest BCUT2D eigenvalue weighted by molar-refractivity contribution is 9.10. The fourth-order valence-corrected chi connectivity index (χ4v) is 2.91. The molecule has 5 heteroatoms. The van der Waals surface area contributed by atoms with E-state index in [4.69, 9.17) is 5.73 Å². The SMILES string of the molecule is CN1CC(N)N=C(c2ccccc2F)c2cc(Br)ccc21. The Labute approximate surface area is 131 Å². The van der Waals surface area contributed by atoms with Gasteiger partial charge in [0, 0.05) is 28.3 Å². The van der Waals surface area contributed by atoms with E-state index in [1.54, 1.807) is 18.2 Å². The summed E-state index contributed by atoms with van der Waals surface area (Å²) in [6.45, 7) is 0.590. The van der Waals surface area contributed by atoms with Gasteiger partial charge < -0.3 is 10.6 Å². The molecular weight excluding hydrogens is 333 g/mol. The van der Waals surface area contributed by atoms with Gasteiger partial charge in [0.05, 0.1) is 12.3 Å². The first kappa shape index (κ1) is 14.2. The number of aliphatic imine (C=N–C) groups is 1. The fourth-order valence-electron chi connectivity index (χ4n) is 2.55. The molecule has 1 unspecified atom stereocenters. The van der Waals surface area contributed by atoms with Crippen molar-refractivity contribution in [2.45, 2.75) is 6.17 Å². The Morgan fingerprint density at radius 1 is 1.24 bits per heavy atom. The number of hydrogen-bond acceptors (Lipinski definition) is 3. The third-order valence-corrected chi connectivity index (χ3v) is 4.00. The summed E-state index contributed by atoms with van der Waals surface area (Å²) in [5.41, 5.74) is 9.00. The van der Waals surface area contributed by atoms with E-state index in [1.165, 1.54) is 6.07 Å². The Kier molecular flexibility index (Phi) is 3.78. The van der Waals surface area contributed by atoms with Gasteiger partial charge in [0.25, 0.3) is 0 Å². The molecule has 1 aliphatic rings. The largest absolute Gasteiger partial charge is 0.371 e. The minimum Gasteiger partial charge on any atom is -0.371 e. The summed E-state index contributed by atoms with van der Waals surface area (Å²) in [5, 5.41) is 0. The first-order valence-electron chi connectivity index (χ1n) is 6.65. The van der Waals surface area contributed by atoms with Crippen LogP contribution in [0.5, 0.6) is 0 Å². The molecule has 0 saturated heterocycles. The van der Waals surface area contributed by atoms with Gasteiger partial charge in [-0.2, -0.15) is 0 Å². The molecule has 3 rings (SSSR count). The maximum absolute atomic E-state index is 14.2. The summed E-state index contributed by atoms with van der Waals surface area (Å²) >= 11 is 3.47. The summed E-state index contributed by atoms with van der Waals surface area (Å²) in [7, 11) is 1.96. The third-order valence-electron chi connectivity index (χ3n) is 3.51. The van der Waals surface area contributed by atoms with Gasteiger partial charge in [-0.3, -0.25) is 4.99 Å². The van der Waals surface area contributed by atoms with Crippen molar-refractivity contribution < 1.29 is 4.39 Å². The number of hydrogen-bond donors (Lipinski definition) is 1. The summed E-state index contributed by atoms with van der Waals surface area (Å²) in [5.74, 6) is -0.293. The van der Waals surface area contributed by atoms with E-state index in [0.717, 1.165) is 15.7 Å². The average Bonchev–Trinajstić information content (AvgIpc) is 2.56. The molecule has 0 aliphatic carbocycles. The quantitative estimate of drug-likeness (QED) is 0.860. The number of nitrogens with two attached hydrogens (primary N) is 1. The molecule has 1 heterocycles. The van der Waals surface area contributed by atoms with Gasteiger partial charge in [-0.1, -0.05) is 28.1 Å². The first-order chi connectivity index (χ1) is 10.1. The Hall–Kier alpha value is -1.72. The molecule has 21 heavy (non-hydrogen) atoms. The molecule has 1 atom stereocenters. The minimum atomic E-state index is -0.393. The number of benzodiazepines with no additional fused rings is 1. The molecule has 0 spiro atoms. The lowest BCUT2D eigenvalue weighted by molar-refractivity contribution is 0.624. The van der Waals surface area contributed by atoms with E-state index in [2.05, 4.69) is 20.9 Å². The second-order valence-electron chi connectivity index (χ2n) is 5.07. The standard InChI is InChI=1S/C16H15BrFN3/c1-21-9-15(19)20-16(11-4-2-3-5-13(11)18)12-8-10(17)6-7-14(12)21/h2-8,15H,9,19H2,1H3. The topological polar surface area (TPSA) is 41.6 Å². The molecule has 2 aromatic carbocycles. The molecular formula is C16H15BrFN3. The summed E-state index contributed by atoms with van der Waals surface area (Å²) in [6.07, 6.45) is -0.393. The van der Waals surface area contributed by atoms with Crippen LogP contribution in [0, 0.1) is 5.82 Å². The van der Waals surface area contributed by atoms with Crippen molar-refractivity contribution in [1.82, 2.24) is 0 Å². The Morgan fingerprint density at radius 3 is 2.76 bits per heavy atom. The van der Waals surface area contributed by atoms with Gasteiger partial charge in [-0.25, -0.2) is 4.39 Å².